The van der Waals surface area contributed by atoms with Crippen molar-refractivity contribution in [3.63, 3.8) is 0 Å². The molecule has 1 aromatic carbocycles. The minimum atomic E-state index is -0.539. The number of carbonyl (C=O) groups excluding carboxylic acids is 1. The predicted molar refractivity (Wildman–Crippen MR) is 84.3 cm³/mol. The Kier molecular flexibility index (Phi) is 4.61. The lowest BCUT2D eigenvalue weighted by atomic mass is 10.2. The highest BCUT2D eigenvalue weighted by Gasteiger charge is 2.02. The first-order valence-electron chi connectivity index (χ1n) is 6.44. The molecule has 2 rings (SSSR count). The minimum Gasteiger partial charge on any atom is -0.453 e. The summed E-state index contributed by atoms with van der Waals surface area (Å²) in [7, 11) is 5.31. The zero-order chi connectivity index (χ0) is 15.2. The second kappa shape index (κ2) is 6.60. The number of pyridine rings is 1. The summed E-state index contributed by atoms with van der Waals surface area (Å²) in [6, 6.07) is 11.6. The van der Waals surface area contributed by atoms with Gasteiger partial charge in [-0.1, -0.05) is 0 Å². The average Bonchev–Trinajstić information content (AvgIpc) is 2.49. The minimum absolute atomic E-state index is 0.440. The van der Waals surface area contributed by atoms with Crippen LogP contribution in [0.1, 0.15) is 0 Å². The second-order valence-corrected chi connectivity index (χ2v) is 4.61. The van der Waals surface area contributed by atoms with Gasteiger partial charge < -0.3 is 15.0 Å². The summed E-state index contributed by atoms with van der Waals surface area (Å²) in [5, 5.41) is 5.74. The van der Waals surface area contributed by atoms with Crippen molar-refractivity contribution >= 4 is 29.0 Å². The molecule has 1 heterocycles. The third-order valence-corrected chi connectivity index (χ3v) is 2.85. The Morgan fingerprint density at radius 3 is 2.29 bits per heavy atom. The van der Waals surface area contributed by atoms with Crippen LogP contribution in [0.15, 0.2) is 42.6 Å². The fourth-order valence-electron chi connectivity index (χ4n) is 1.71. The van der Waals surface area contributed by atoms with Crippen molar-refractivity contribution in [3.8, 4) is 0 Å². The molecule has 0 bridgehead atoms. The molecular formula is C15H18N4O2. The normalized spacial score (nSPS) is 9.86. The molecule has 1 amide bonds. The molecule has 0 atom stereocenters. The smallest absolute Gasteiger partial charge is 0.412 e. The fourth-order valence-corrected chi connectivity index (χ4v) is 1.71. The summed E-state index contributed by atoms with van der Waals surface area (Å²) in [4.78, 5) is 17.2. The van der Waals surface area contributed by atoms with Gasteiger partial charge in [-0.05, 0) is 36.4 Å². The van der Waals surface area contributed by atoms with Crippen LogP contribution in [0.2, 0.25) is 0 Å². The van der Waals surface area contributed by atoms with Crippen LogP contribution < -0.4 is 15.5 Å². The van der Waals surface area contributed by atoms with Gasteiger partial charge in [0, 0.05) is 25.5 Å². The molecular weight excluding hydrogens is 268 g/mol. The highest BCUT2D eigenvalue weighted by atomic mass is 16.5. The van der Waals surface area contributed by atoms with E-state index in [-0.39, 0.29) is 0 Å². The highest BCUT2D eigenvalue weighted by molar-refractivity contribution is 5.83. The Morgan fingerprint density at radius 2 is 1.76 bits per heavy atom. The Hall–Kier alpha value is -2.76. The molecule has 1 aromatic heterocycles. The van der Waals surface area contributed by atoms with E-state index >= 15 is 0 Å². The molecule has 21 heavy (non-hydrogen) atoms. The predicted octanol–water partition coefficient (Wildman–Crippen LogP) is 3.07. The van der Waals surface area contributed by atoms with Crippen LogP contribution in [0.3, 0.4) is 0 Å². The third-order valence-electron chi connectivity index (χ3n) is 2.85. The van der Waals surface area contributed by atoms with E-state index in [1.165, 1.54) is 7.11 Å². The van der Waals surface area contributed by atoms with Gasteiger partial charge in [0.2, 0.25) is 0 Å². The van der Waals surface area contributed by atoms with Gasteiger partial charge in [-0.15, -0.1) is 0 Å². The summed E-state index contributed by atoms with van der Waals surface area (Å²) in [5.74, 6) is 0.440. The maximum absolute atomic E-state index is 11.1. The molecule has 2 N–H and O–H groups in total. The number of nitrogens with zero attached hydrogens (tertiary/aromatic N) is 2. The van der Waals surface area contributed by atoms with Crippen molar-refractivity contribution in [1.29, 1.82) is 0 Å². The Balaban J connectivity index is 2.01. The van der Waals surface area contributed by atoms with Crippen molar-refractivity contribution in [3.05, 3.63) is 42.6 Å². The lowest BCUT2D eigenvalue weighted by Gasteiger charge is -2.13. The molecule has 0 aliphatic heterocycles. The van der Waals surface area contributed by atoms with E-state index in [1.807, 2.05) is 49.3 Å². The molecule has 110 valence electrons. The summed E-state index contributed by atoms with van der Waals surface area (Å²) in [6.45, 7) is 0. The zero-order valence-electron chi connectivity index (χ0n) is 12.3. The Morgan fingerprint density at radius 1 is 1.10 bits per heavy atom. The first kappa shape index (κ1) is 14.6. The lowest BCUT2D eigenvalue weighted by Crippen LogP contribution is -2.11. The third kappa shape index (κ3) is 4.10. The standard InChI is InChI=1S/C15H18N4O2/c1-19(2)13-7-4-11(5-8-13)17-12-6-9-14(16-10-12)18-15(20)21-3/h4-10,17H,1-3H3,(H,16,18,20). The molecule has 6 nitrogen and oxygen atoms in total. The van der Waals surface area contributed by atoms with Gasteiger partial charge in [-0.2, -0.15) is 0 Å². The summed E-state index contributed by atoms with van der Waals surface area (Å²) >= 11 is 0. The van der Waals surface area contributed by atoms with E-state index in [0.29, 0.717) is 5.82 Å². The van der Waals surface area contributed by atoms with E-state index in [0.717, 1.165) is 17.1 Å². The van der Waals surface area contributed by atoms with E-state index in [2.05, 4.69) is 20.4 Å². The van der Waals surface area contributed by atoms with Gasteiger partial charge in [-0.3, -0.25) is 5.32 Å². The van der Waals surface area contributed by atoms with E-state index in [9.17, 15) is 4.79 Å². The molecule has 6 heteroatoms. The maximum atomic E-state index is 11.1. The molecule has 0 aliphatic carbocycles. The van der Waals surface area contributed by atoms with Crippen LogP contribution >= 0.6 is 0 Å². The Bertz CT molecular complexity index is 594. The number of nitrogens with one attached hydrogen (secondary N) is 2. The van der Waals surface area contributed by atoms with Crippen LogP contribution in [0.25, 0.3) is 0 Å². The fraction of sp³-hybridized carbons (Fsp3) is 0.200. The highest BCUT2D eigenvalue weighted by Crippen LogP contribution is 2.20. The molecule has 0 radical (unpaired) electrons. The van der Waals surface area contributed by atoms with Crippen LogP contribution in [0.4, 0.5) is 27.7 Å². The molecule has 0 saturated carbocycles. The number of ether oxygens (including phenoxy) is 1. The monoisotopic (exact) mass is 286 g/mol. The number of benzene rings is 1. The van der Waals surface area contributed by atoms with Gasteiger partial charge in [0.1, 0.15) is 5.82 Å². The van der Waals surface area contributed by atoms with Gasteiger partial charge >= 0.3 is 6.09 Å². The number of aromatic nitrogens is 1. The Labute approximate surface area is 123 Å². The number of hydrogen-bond donors (Lipinski definition) is 2. The van der Waals surface area contributed by atoms with Crippen molar-refractivity contribution in [2.45, 2.75) is 0 Å². The zero-order valence-corrected chi connectivity index (χ0v) is 12.3. The quantitative estimate of drug-likeness (QED) is 0.904. The van der Waals surface area contributed by atoms with Gasteiger partial charge in [-0.25, -0.2) is 9.78 Å². The van der Waals surface area contributed by atoms with Crippen LogP contribution in [-0.2, 0) is 4.74 Å². The SMILES string of the molecule is COC(=O)Nc1ccc(Nc2ccc(N(C)C)cc2)cn1. The molecule has 2 aromatic rings. The largest absolute Gasteiger partial charge is 0.453 e. The topological polar surface area (TPSA) is 66.5 Å². The molecule has 0 fully saturated rings. The lowest BCUT2D eigenvalue weighted by molar-refractivity contribution is 0.187. The number of amides is 1. The number of rotatable bonds is 4. The van der Waals surface area contributed by atoms with Gasteiger partial charge in [0.25, 0.3) is 0 Å². The summed E-state index contributed by atoms with van der Waals surface area (Å²) < 4.78 is 4.50. The van der Waals surface area contributed by atoms with Crippen molar-refractivity contribution < 1.29 is 9.53 Å². The number of hydrogen-bond acceptors (Lipinski definition) is 5. The summed E-state index contributed by atoms with van der Waals surface area (Å²) in [6.07, 6.45) is 1.10. The maximum Gasteiger partial charge on any atom is 0.412 e. The van der Waals surface area contributed by atoms with Crippen LogP contribution in [-0.4, -0.2) is 32.3 Å². The number of carbonyl (C=O) groups is 1. The first-order chi connectivity index (χ1) is 10.1. The van der Waals surface area contributed by atoms with Crippen molar-refractivity contribution in [2.75, 3.05) is 36.7 Å². The molecule has 0 saturated heterocycles. The van der Waals surface area contributed by atoms with Gasteiger partial charge in [0.05, 0.1) is 19.0 Å². The van der Waals surface area contributed by atoms with Crippen LogP contribution in [0.5, 0.6) is 0 Å². The van der Waals surface area contributed by atoms with Crippen molar-refractivity contribution in [2.24, 2.45) is 0 Å². The second-order valence-electron chi connectivity index (χ2n) is 4.61. The van der Waals surface area contributed by atoms with E-state index in [1.54, 1.807) is 12.3 Å². The molecule has 0 unspecified atom stereocenters. The number of anilines is 4. The van der Waals surface area contributed by atoms with E-state index < -0.39 is 6.09 Å². The van der Waals surface area contributed by atoms with Crippen molar-refractivity contribution in [1.82, 2.24) is 4.98 Å². The first-order valence-corrected chi connectivity index (χ1v) is 6.44. The van der Waals surface area contributed by atoms with Crippen LogP contribution in [0, 0.1) is 0 Å². The average molecular weight is 286 g/mol. The van der Waals surface area contributed by atoms with E-state index in [4.69, 9.17) is 0 Å². The molecule has 0 aliphatic rings. The molecule has 0 spiro atoms. The number of methoxy groups -OCH3 is 1. The summed E-state index contributed by atoms with van der Waals surface area (Å²) in [5.41, 5.74) is 2.94. The van der Waals surface area contributed by atoms with Gasteiger partial charge in [0.15, 0.2) is 0 Å².